The minimum atomic E-state index is 0.825. The maximum atomic E-state index is 2.33. The molecule has 0 heterocycles. The smallest absolute Gasteiger partial charge is 0.0269 e. The Morgan fingerprint density at radius 3 is 2.20 bits per heavy atom. The predicted octanol–water partition coefficient (Wildman–Crippen LogP) is 5.32. The summed E-state index contributed by atoms with van der Waals surface area (Å²) in [6.45, 7) is 2.33. The summed E-state index contributed by atoms with van der Waals surface area (Å²) < 4.78 is 0. The lowest BCUT2D eigenvalue weighted by atomic mass is 9.69. The maximum absolute atomic E-state index is 2.33. The van der Waals surface area contributed by atoms with E-state index in [9.17, 15) is 0 Å². The highest BCUT2D eigenvalue weighted by Crippen LogP contribution is 2.53. The highest BCUT2D eigenvalue weighted by molar-refractivity contribution is 4.92. The molecule has 0 radical (unpaired) electrons. The van der Waals surface area contributed by atoms with Crippen LogP contribution in [-0.4, -0.2) is 0 Å². The van der Waals surface area contributed by atoms with Crippen molar-refractivity contribution in [3.05, 3.63) is 0 Å². The summed E-state index contributed by atoms with van der Waals surface area (Å²) in [6.07, 6.45) is 18.3. The Morgan fingerprint density at radius 2 is 1.60 bits per heavy atom. The lowest BCUT2D eigenvalue weighted by Crippen LogP contribution is -2.25. The van der Waals surface area contributed by atoms with Crippen LogP contribution in [0.5, 0.6) is 0 Å². The SMILES string of the molecule is CCCCCC1(C2CCCC2)CCCC1. The van der Waals surface area contributed by atoms with E-state index in [1.165, 1.54) is 44.9 Å². The molecule has 2 rings (SSSR count). The van der Waals surface area contributed by atoms with Crippen LogP contribution in [0.1, 0.15) is 84.0 Å². The fourth-order valence-electron chi connectivity index (χ4n) is 4.21. The molecule has 0 aliphatic heterocycles. The van der Waals surface area contributed by atoms with Crippen molar-refractivity contribution >= 4 is 0 Å². The normalized spacial score (nSPS) is 26.2. The Hall–Kier alpha value is 0. The van der Waals surface area contributed by atoms with Crippen LogP contribution in [0.4, 0.5) is 0 Å². The lowest BCUT2D eigenvalue weighted by Gasteiger charge is -2.36. The van der Waals surface area contributed by atoms with Crippen LogP contribution in [0.3, 0.4) is 0 Å². The molecule has 2 aliphatic rings. The Kier molecular flexibility index (Phi) is 4.11. The van der Waals surface area contributed by atoms with Crippen molar-refractivity contribution in [1.82, 2.24) is 0 Å². The second kappa shape index (κ2) is 5.37. The molecule has 0 N–H and O–H groups in total. The topological polar surface area (TPSA) is 0 Å². The van der Waals surface area contributed by atoms with Crippen LogP contribution in [0.25, 0.3) is 0 Å². The first kappa shape index (κ1) is 11.5. The molecule has 2 aliphatic carbocycles. The van der Waals surface area contributed by atoms with Crippen LogP contribution in [0, 0.1) is 11.3 Å². The van der Waals surface area contributed by atoms with Gasteiger partial charge in [0.05, 0.1) is 0 Å². The molecule has 2 fully saturated rings. The largest absolute Gasteiger partial charge is 0.0654 e. The molecule has 0 heteroatoms. The third-order valence-corrected chi connectivity index (χ3v) is 5.10. The van der Waals surface area contributed by atoms with E-state index < -0.39 is 0 Å². The van der Waals surface area contributed by atoms with Gasteiger partial charge in [-0.1, -0.05) is 51.9 Å². The van der Waals surface area contributed by atoms with Crippen LogP contribution >= 0.6 is 0 Å². The van der Waals surface area contributed by atoms with Gasteiger partial charge in [0.25, 0.3) is 0 Å². The Balaban J connectivity index is 1.90. The van der Waals surface area contributed by atoms with Gasteiger partial charge >= 0.3 is 0 Å². The van der Waals surface area contributed by atoms with E-state index in [0.717, 1.165) is 11.3 Å². The predicted molar refractivity (Wildman–Crippen MR) is 67.0 cm³/mol. The zero-order valence-corrected chi connectivity index (χ0v) is 10.6. The summed E-state index contributed by atoms with van der Waals surface area (Å²) in [6, 6.07) is 0. The summed E-state index contributed by atoms with van der Waals surface area (Å²) >= 11 is 0. The molecule has 0 aromatic heterocycles. The quantitative estimate of drug-likeness (QED) is 0.537. The number of rotatable bonds is 5. The molecule has 0 bridgehead atoms. The minimum Gasteiger partial charge on any atom is -0.0654 e. The molecule has 0 aromatic rings. The van der Waals surface area contributed by atoms with Crippen molar-refractivity contribution in [3.63, 3.8) is 0 Å². The van der Waals surface area contributed by atoms with Crippen molar-refractivity contribution in [2.75, 3.05) is 0 Å². The van der Waals surface area contributed by atoms with Gasteiger partial charge in [-0.25, -0.2) is 0 Å². The zero-order chi connectivity index (χ0) is 10.6. The van der Waals surface area contributed by atoms with Crippen molar-refractivity contribution in [2.24, 2.45) is 11.3 Å². The van der Waals surface area contributed by atoms with E-state index in [2.05, 4.69) is 6.92 Å². The average Bonchev–Trinajstić information content (AvgIpc) is 2.89. The summed E-state index contributed by atoms with van der Waals surface area (Å²) in [5.74, 6) is 1.12. The molecule has 88 valence electrons. The maximum Gasteiger partial charge on any atom is -0.0269 e. The second-order valence-electron chi connectivity index (χ2n) is 6.01. The van der Waals surface area contributed by atoms with E-state index in [-0.39, 0.29) is 0 Å². The third kappa shape index (κ3) is 2.57. The van der Waals surface area contributed by atoms with Crippen LogP contribution in [-0.2, 0) is 0 Å². The highest BCUT2D eigenvalue weighted by atomic mass is 14.5. The Morgan fingerprint density at radius 1 is 0.933 bits per heavy atom. The lowest BCUT2D eigenvalue weighted by molar-refractivity contribution is 0.148. The van der Waals surface area contributed by atoms with E-state index in [0.29, 0.717) is 0 Å². The average molecular weight is 208 g/mol. The van der Waals surface area contributed by atoms with E-state index >= 15 is 0 Å². The van der Waals surface area contributed by atoms with E-state index in [1.54, 1.807) is 32.1 Å². The third-order valence-electron chi connectivity index (χ3n) is 5.10. The van der Waals surface area contributed by atoms with Gasteiger partial charge in [-0.3, -0.25) is 0 Å². The summed E-state index contributed by atoms with van der Waals surface area (Å²) in [5, 5.41) is 0. The second-order valence-corrected chi connectivity index (χ2v) is 6.01. The fraction of sp³-hybridized carbons (Fsp3) is 1.00. The van der Waals surface area contributed by atoms with Gasteiger partial charge in [0.1, 0.15) is 0 Å². The molecule has 0 nitrogen and oxygen atoms in total. The molecule has 0 amide bonds. The van der Waals surface area contributed by atoms with Crippen molar-refractivity contribution < 1.29 is 0 Å². The monoisotopic (exact) mass is 208 g/mol. The molecule has 15 heavy (non-hydrogen) atoms. The highest BCUT2D eigenvalue weighted by Gasteiger charge is 2.41. The number of hydrogen-bond acceptors (Lipinski definition) is 0. The number of hydrogen-bond donors (Lipinski definition) is 0. The molecular weight excluding hydrogens is 180 g/mol. The standard InChI is InChI=1S/C15H28/c1-2-3-6-11-15(12-7-8-13-15)14-9-4-5-10-14/h14H,2-13H2,1H3. The first-order chi connectivity index (χ1) is 7.37. The summed E-state index contributed by atoms with van der Waals surface area (Å²) in [5.41, 5.74) is 0.825. The zero-order valence-electron chi connectivity index (χ0n) is 10.6. The molecule has 2 saturated carbocycles. The van der Waals surface area contributed by atoms with Crippen LogP contribution in [0.2, 0.25) is 0 Å². The molecule has 0 saturated heterocycles. The van der Waals surface area contributed by atoms with Gasteiger partial charge in [-0.15, -0.1) is 0 Å². The first-order valence-electron chi connectivity index (χ1n) is 7.37. The van der Waals surface area contributed by atoms with Gasteiger partial charge in [0.2, 0.25) is 0 Å². The van der Waals surface area contributed by atoms with Crippen molar-refractivity contribution in [2.45, 2.75) is 84.0 Å². The number of unbranched alkanes of at least 4 members (excludes halogenated alkanes) is 2. The van der Waals surface area contributed by atoms with Crippen LogP contribution in [0.15, 0.2) is 0 Å². The Labute approximate surface area is 95.8 Å². The van der Waals surface area contributed by atoms with Gasteiger partial charge in [-0.05, 0) is 43.4 Å². The van der Waals surface area contributed by atoms with E-state index in [4.69, 9.17) is 0 Å². The first-order valence-corrected chi connectivity index (χ1v) is 7.37. The van der Waals surface area contributed by atoms with Crippen molar-refractivity contribution in [3.8, 4) is 0 Å². The Bertz CT molecular complexity index is 170. The van der Waals surface area contributed by atoms with Gasteiger partial charge in [-0.2, -0.15) is 0 Å². The molecular formula is C15H28. The molecule has 0 unspecified atom stereocenters. The van der Waals surface area contributed by atoms with Gasteiger partial charge in [0.15, 0.2) is 0 Å². The van der Waals surface area contributed by atoms with Crippen molar-refractivity contribution in [1.29, 1.82) is 0 Å². The van der Waals surface area contributed by atoms with Gasteiger partial charge < -0.3 is 0 Å². The molecule has 0 atom stereocenters. The minimum absolute atomic E-state index is 0.825. The summed E-state index contributed by atoms with van der Waals surface area (Å²) in [7, 11) is 0. The van der Waals surface area contributed by atoms with E-state index in [1.807, 2.05) is 0 Å². The fourth-order valence-corrected chi connectivity index (χ4v) is 4.21. The summed E-state index contributed by atoms with van der Waals surface area (Å²) in [4.78, 5) is 0. The van der Waals surface area contributed by atoms with Crippen LogP contribution < -0.4 is 0 Å². The van der Waals surface area contributed by atoms with Gasteiger partial charge in [0, 0.05) is 0 Å². The molecule has 0 aromatic carbocycles. The molecule has 0 spiro atoms.